The van der Waals surface area contributed by atoms with Gasteiger partial charge in [0.15, 0.2) is 0 Å². The van der Waals surface area contributed by atoms with Crippen molar-refractivity contribution in [1.29, 1.82) is 0 Å². The standard InChI is InChI=1S/C28H50O4/c1-3-5-6-7-8-9-10-11-12-13-14-15-16-17-18-19-20-21-22-23-26(28(30)31)25-27(29)32-24-4-2/h4,12-13,26H,2-3,5-11,14-25H2,1H3,(H,30,31)/b13-12+. The van der Waals surface area contributed by atoms with E-state index in [1.807, 2.05) is 0 Å². The first kappa shape index (κ1) is 30.4. The summed E-state index contributed by atoms with van der Waals surface area (Å²) < 4.78 is 4.89. The van der Waals surface area contributed by atoms with E-state index in [9.17, 15) is 14.7 Å². The minimum absolute atomic E-state index is 0.0450. The maximum atomic E-state index is 11.6. The molecule has 32 heavy (non-hydrogen) atoms. The van der Waals surface area contributed by atoms with Gasteiger partial charge in [-0.1, -0.05) is 115 Å². The van der Waals surface area contributed by atoms with E-state index in [0.29, 0.717) is 6.42 Å². The fourth-order valence-electron chi connectivity index (χ4n) is 3.89. The van der Waals surface area contributed by atoms with Crippen molar-refractivity contribution in [2.75, 3.05) is 6.61 Å². The second-order valence-electron chi connectivity index (χ2n) is 9.00. The molecule has 0 aromatic rings. The third-order valence-electron chi connectivity index (χ3n) is 5.94. The monoisotopic (exact) mass is 450 g/mol. The van der Waals surface area contributed by atoms with Crippen LogP contribution in [0.2, 0.25) is 0 Å². The summed E-state index contributed by atoms with van der Waals surface area (Å²) in [5.74, 6) is -1.99. The van der Waals surface area contributed by atoms with E-state index < -0.39 is 17.9 Å². The smallest absolute Gasteiger partial charge is 0.307 e. The Morgan fingerprint density at radius 1 is 0.781 bits per heavy atom. The first-order chi connectivity index (χ1) is 15.6. The first-order valence-corrected chi connectivity index (χ1v) is 13.3. The number of hydrogen-bond donors (Lipinski definition) is 1. The summed E-state index contributed by atoms with van der Waals surface area (Å²) in [6.07, 6.45) is 28.2. The number of carbonyl (C=O) groups is 2. The van der Waals surface area contributed by atoms with E-state index in [0.717, 1.165) is 19.3 Å². The average Bonchev–Trinajstić information content (AvgIpc) is 2.78. The molecule has 0 aliphatic rings. The number of aliphatic carboxylic acids is 1. The lowest BCUT2D eigenvalue weighted by Gasteiger charge is -2.11. The molecule has 0 amide bonds. The Bertz CT molecular complexity index is 484. The van der Waals surface area contributed by atoms with E-state index in [4.69, 9.17) is 4.74 Å². The quantitative estimate of drug-likeness (QED) is 0.0910. The predicted octanol–water partition coefficient (Wildman–Crippen LogP) is 8.40. The topological polar surface area (TPSA) is 63.6 Å². The second kappa shape index (κ2) is 24.1. The third-order valence-corrected chi connectivity index (χ3v) is 5.94. The second-order valence-corrected chi connectivity index (χ2v) is 9.00. The molecule has 0 spiro atoms. The van der Waals surface area contributed by atoms with Gasteiger partial charge >= 0.3 is 11.9 Å². The van der Waals surface area contributed by atoms with Crippen molar-refractivity contribution in [1.82, 2.24) is 0 Å². The summed E-state index contributed by atoms with van der Waals surface area (Å²) in [7, 11) is 0. The molecule has 0 radical (unpaired) electrons. The summed E-state index contributed by atoms with van der Waals surface area (Å²) in [6.45, 7) is 5.89. The van der Waals surface area contributed by atoms with Crippen molar-refractivity contribution in [3.05, 3.63) is 24.8 Å². The third kappa shape index (κ3) is 21.6. The largest absolute Gasteiger partial charge is 0.481 e. The van der Waals surface area contributed by atoms with Crippen molar-refractivity contribution in [2.45, 2.75) is 129 Å². The SMILES string of the molecule is C=CCOC(=O)CC(CCCCCCCCCC/C=C/CCCCCCCCC)C(=O)O. The molecular weight excluding hydrogens is 400 g/mol. The molecule has 4 nitrogen and oxygen atoms in total. The zero-order valence-corrected chi connectivity index (χ0v) is 20.8. The molecule has 0 aromatic carbocycles. The highest BCUT2D eigenvalue weighted by molar-refractivity contribution is 5.78. The van der Waals surface area contributed by atoms with E-state index in [2.05, 4.69) is 25.7 Å². The van der Waals surface area contributed by atoms with Crippen molar-refractivity contribution in [3.63, 3.8) is 0 Å². The number of allylic oxidation sites excluding steroid dienone is 2. The van der Waals surface area contributed by atoms with Crippen LogP contribution < -0.4 is 0 Å². The fraction of sp³-hybridized carbons (Fsp3) is 0.786. The van der Waals surface area contributed by atoms with Gasteiger partial charge in [0, 0.05) is 0 Å². The molecule has 0 saturated carbocycles. The molecule has 1 unspecified atom stereocenters. The van der Waals surface area contributed by atoms with E-state index in [1.165, 1.54) is 96.0 Å². The van der Waals surface area contributed by atoms with Crippen LogP contribution in [0, 0.1) is 5.92 Å². The van der Waals surface area contributed by atoms with Gasteiger partial charge < -0.3 is 9.84 Å². The van der Waals surface area contributed by atoms with Crippen LogP contribution in [0.15, 0.2) is 24.8 Å². The number of carbonyl (C=O) groups excluding carboxylic acids is 1. The Kier molecular flexibility index (Phi) is 22.9. The van der Waals surface area contributed by atoms with Gasteiger partial charge in [-0.25, -0.2) is 0 Å². The number of carboxylic acid groups (broad SMARTS) is 1. The Hall–Kier alpha value is -1.58. The number of rotatable bonds is 24. The average molecular weight is 451 g/mol. The van der Waals surface area contributed by atoms with Crippen LogP contribution in [0.25, 0.3) is 0 Å². The molecule has 1 atom stereocenters. The molecule has 0 saturated heterocycles. The molecule has 0 rings (SSSR count). The zero-order valence-electron chi connectivity index (χ0n) is 20.8. The van der Waals surface area contributed by atoms with Gasteiger partial charge in [-0.3, -0.25) is 9.59 Å². The van der Waals surface area contributed by atoms with Crippen LogP contribution in [-0.4, -0.2) is 23.7 Å². The Balaban J connectivity index is 3.44. The number of unbranched alkanes of at least 4 members (excludes halogenated alkanes) is 15. The van der Waals surface area contributed by atoms with Gasteiger partial charge in [0.25, 0.3) is 0 Å². The fourth-order valence-corrected chi connectivity index (χ4v) is 3.89. The van der Waals surface area contributed by atoms with Crippen molar-refractivity contribution in [3.8, 4) is 0 Å². The van der Waals surface area contributed by atoms with E-state index in [1.54, 1.807) is 0 Å². The summed E-state index contributed by atoms with van der Waals surface area (Å²) in [4.78, 5) is 22.9. The number of carboxylic acids is 1. The normalized spacial score (nSPS) is 12.2. The number of esters is 1. The summed E-state index contributed by atoms with van der Waals surface area (Å²) in [6, 6.07) is 0. The van der Waals surface area contributed by atoms with E-state index >= 15 is 0 Å². The van der Waals surface area contributed by atoms with Crippen LogP contribution in [-0.2, 0) is 14.3 Å². The molecule has 0 heterocycles. The first-order valence-electron chi connectivity index (χ1n) is 13.3. The summed E-state index contributed by atoms with van der Waals surface area (Å²) in [5.41, 5.74) is 0. The van der Waals surface area contributed by atoms with E-state index in [-0.39, 0.29) is 13.0 Å². The number of hydrogen-bond acceptors (Lipinski definition) is 3. The molecule has 0 aromatic heterocycles. The maximum Gasteiger partial charge on any atom is 0.307 e. The van der Waals surface area contributed by atoms with Gasteiger partial charge in [0.05, 0.1) is 12.3 Å². The lowest BCUT2D eigenvalue weighted by atomic mass is 9.97. The van der Waals surface area contributed by atoms with Crippen LogP contribution in [0.1, 0.15) is 129 Å². The Labute approximate surface area is 197 Å². The van der Waals surface area contributed by atoms with Crippen molar-refractivity contribution < 1.29 is 19.4 Å². The van der Waals surface area contributed by atoms with Gasteiger partial charge in [0.1, 0.15) is 6.61 Å². The molecule has 0 aliphatic heterocycles. The zero-order chi connectivity index (χ0) is 23.7. The number of ether oxygens (including phenoxy) is 1. The molecule has 0 fully saturated rings. The highest BCUT2D eigenvalue weighted by Gasteiger charge is 2.21. The van der Waals surface area contributed by atoms with Crippen LogP contribution in [0.3, 0.4) is 0 Å². The lowest BCUT2D eigenvalue weighted by Crippen LogP contribution is -2.19. The van der Waals surface area contributed by atoms with Crippen LogP contribution in [0.5, 0.6) is 0 Å². The molecule has 0 bridgehead atoms. The molecule has 0 aliphatic carbocycles. The van der Waals surface area contributed by atoms with Crippen LogP contribution >= 0.6 is 0 Å². The molecular formula is C28H50O4. The summed E-state index contributed by atoms with van der Waals surface area (Å²) >= 11 is 0. The predicted molar refractivity (Wildman–Crippen MR) is 135 cm³/mol. The summed E-state index contributed by atoms with van der Waals surface area (Å²) in [5, 5.41) is 9.27. The lowest BCUT2D eigenvalue weighted by molar-refractivity contribution is -0.151. The van der Waals surface area contributed by atoms with Crippen LogP contribution in [0.4, 0.5) is 0 Å². The molecule has 1 N–H and O–H groups in total. The van der Waals surface area contributed by atoms with Crippen molar-refractivity contribution in [2.24, 2.45) is 5.92 Å². The minimum Gasteiger partial charge on any atom is -0.481 e. The van der Waals surface area contributed by atoms with Gasteiger partial charge in [-0.15, -0.1) is 0 Å². The van der Waals surface area contributed by atoms with Crippen molar-refractivity contribution >= 4 is 11.9 Å². The highest BCUT2D eigenvalue weighted by atomic mass is 16.5. The Morgan fingerprint density at radius 3 is 1.72 bits per heavy atom. The van der Waals surface area contributed by atoms with Gasteiger partial charge in [-0.05, 0) is 32.1 Å². The van der Waals surface area contributed by atoms with Gasteiger partial charge in [0.2, 0.25) is 0 Å². The Morgan fingerprint density at radius 2 is 1.25 bits per heavy atom. The molecule has 4 heteroatoms. The minimum atomic E-state index is -0.906. The maximum absolute atomic E-state index is 11.6. The highest BCUT2D eigenvalue weighted by Crippen LogP contribution is 2.17. The molecule has 186 valence electrons. The van der Waals surface area contributed by atoms with Gasteiger partial charge in [-0.2, -0.15) is 0 Å².